The standard InChI is InChI=1S/C5H12O2S2.2C4H11NO2S2/c1-7-3-5-9-8-4-2-6;2*5-7-2-4-9-8-3-1-6/h6H,2-5H2,1H3;2*6H,1-5H2. The van der Waals surface area contributed by atoms with Crippen LogP contribution in [0.1, 0.15) is 0 Å². The number of nitrogens with two attached hydrogens (primary N) is 2. The lowest BCUT2D eigenvalue weighted by atomic mass is 10.9. The summed E-state index contributed by atoms with van der Waals surface area (Å²) < 4.78 is 4.83. The molecule has 0 aromatic carbocycles. The van der Waals surface area contributed by atoms with E-state index in [9.17, 15) is 0 Å². The minimum absolute atomic E-state index is 0.237. The molecule has 0 aliphatic heterocycles. The Morgan fingerprint density at radius 1 is 0.556 bits per heavy atom. The molecule has 8 nitrogen and oxygen atoms in total. The van der Waals surface area contributed by atoms with Crippen LogP contribution in [0.5, 0.6) is 0 Å². The average molecular weight is 507 g/mol. The predicted molar refractivity (Wildman–Crippen MR) is 128 cm³/mol. The van der Waals surface area contributed by atoms with Gasteiger partial charge in [-0.2, -0.15) is 0 Å². The van der Waals surface area contributed by atoms with Crippen molar-refractivity contribution in [3.05, 3.63) is 0 Å². The van der Waals surface area contributed by atoms with E-state index in [1.807, 2.05) is 0 Å². The van der Waals surface area contributed by atoms with Crippen LogP contribution in [0.3, 0.4) is 0 Å². The largest absolute Gasteiger partial charge is 0.395 e. The Kier molecular flexibility index (Phi) is 47.5. The molecule has 0 rings (SSSR count). The Morgan fingerprint density at radius 2 is 0.852 bits per heavy atom. The van der Waals surface area contributed by atoms with E-state index < -0.39 is 0 Å². The Labute approximate surface area is 186 Å². The molecule has 0 bridgehead atoms. The van der Waals surface area contributed by atoms with E-state index in [-0.39, 0.29) is 19.8 Å². The van der Waals surface area contributed by atoms with Crippen molar-refractivity contribution >= 4 is 64.8 Å². The molecule has 0 aliphatic carbocycles. The van der Waals surface area contributed by atoms with Gasteiger partial charge in [0.2, 0.25) is 0 Å². The van der Waals surface area contributed by atoms with E-state index in [1.165, 1.54) is 0 Å². The van der Waals surface area contributed by atoms with E-state index in [1.54, 1.807) is 71.9 Å². The first kappa shape index (κ1) is 33.4. The molecule has 168 valence electrons. The molecule has 14 heteroatoms. The minimum Gasteiger partial charge on any atom is -0.395 e. The highest BCUT2D eigenvalue weighted by Crippen LogP contribution is 2.20. The normalized spacial score (nSPS) is 10.0. The number of aliphatic hydroxyl groups is 3. The molecule has 0 spiro atoms. The Balaban J connectivity index is -0.000000320. The molecule has 0 unspecified atom stereocenters. The van der Waals surface area contributed by atoms with Gasteiger partial charge < -0.3 is 29.7 Å². The molecule has 0 atom stereocenters. The fourth-order valence-corrected chi connectivity index (χ4v) is 5.65. The van der Waals surface area contributed by atoms with Gasteiger partial charge in [0.25, 0.3) is 0 Å². The summed E-state index contributed by atoms with van der Waals surface area (Å²) in [5.41, 5.74) is 0. The molecule has 0 aromatic rings. The van der Waals surface area contributed by atoms with E-state index in [4.69, 9.17) is 31.9 Å². The quantitative estimate of drug-likeness (QED) is 0.104. The first-order valence-electron chi connectivity index (χ1n) is 7.93. The highest BCUT2D eigenvalue weighted by Gasteiger charge is 1.88. The fraction of sp³-hybridized carbons (Fsp3) is 1.00. The second-order valence-electron chi connectivity index (χ2n) is 3.84. The average Bonchev–Trinajstić information content (AvgIpc) is 2.69. The molecule has 0 saturated carbocycles. The zero-order valence-corrected chi connectivity index (χ0v) is 20.6. The van der Waals surface area contributed by atoms with E-state index in [2.05, 4.69) is 9.68 Å². The summed E-state index contributed by atoms with van der Waals surface area (Å²) in [5, 5.41) is 25.0. The van der Waals surface area contributed by atoms with Crippen LogP contribution in [-0.2, 0) is 14.4 Å². The molecule has 0 amide bonds. The third-order valence-electron chi connectivity index (χ3n) is 1.71. The number of methoxy groups -OCH3 is 1. The van der Waals surface area contributed by atoms with Gasteiger partial charge in [0, 0.05) is 41.6 Å². The van der Waals surface area contributed by atoms with Gasteiger partial charge in [-0.3, -0.25) is 0 Å². The van der Waals surface area contributed by atoms with Gasteiger partial charge in [0.05, 0.1) is 39.6 Å². The molecule has 0 radical (unpaired) electrons. The second kappa shape index (κ2) is 38.4. The second-order valence-corrected chi connectivity index (χ2v) is 11.9. The summed E-state index contributed by atoms with van der Waals surface area (Å²) in [5.74, 6) is 14.7. The first-order valence-corrected chi connectivity index (χ1v) is 15.4. The maximum absolute atomic E-state index is 8.36. The van der Waals surface area contributed by atoms with Gasteiger partial charge in [-0.15, -0.1) is 0 Å². The van der Waals surface area contributed by atoms with Crippen molar-refractivity contribution in [1.82, 2.24) is 0 Å². The lowest BCUT2D eigenvalue weighted by molar-refractivity contribution is 0.155. The Morgan fingerprint density at radius 3 is 1.11 bits per heavy atom. The van der Waals surface area contributed by atoms with Crippen molar-refractivity contribution < 1.29 is 29.7 Å². The van der Waals surface area contributed by atoms with Crippen LogP contribution in [0, 0.1) is 0 Å². The summed E-state index contributed by atoms with van der Waals surface area (Å²) in [6.07, 6.45) is 0. The molecular formula is C13H34N2O6S6. The van der Waals surface area contributed by atoms with Gasteiger partial charge in [-0.05, 0) is 0 Å². The van der Waals surface area contributed by atoms with Gasteiger partial charge in [0.1, 0.15) is 0 Å². The maximum Gasteiger partial charge on any atom is 0.0778 e. The Hall–Kier alpha value is 1.78. The first-order chi connectivity index (χ1) is 13.2. The summed E-state index contributed by atoms with van der Waals surface area (Å²) in [6, 6.07) is 0. The molecular weight excluding hydrogens is 473 g/mol. The number of aliphatic hydroxyl groups excluding tert-OH is 3. The zero-order chi connectivity index (χ0) is 20.8. The Bertz CT molecular complexity index is 180. The van der Waals surface area contributed by atoms with Crippen LogP contribution in [0.15, 0.2) is 0 Å². The monoisotopic (exact) mass is 506 g/mol. The smallest absolute Gasteiger partial charge is 0.0778 e. The molecule has 0 fully saturated rings. The van der Waals surface area contributed by atoms with Crippen LogP contribution in [-0.4, -0.2) is 96.6 Å². The molecule has 27 heavy (non-hydrogen) atoms. The fourth-order valence-electron chi connectivity index (χ4n) is 0.747. The zero-order valence-electron chi connectivity index (χ0n) is 15.7. The SMILES string of the molecule is COCCSSCCO.NOCCSSCCO.NOCCSSCCO. The van der Waals surface area contributed by atoms with Gasteiger partial charge in [-0.25, -0.2) is 11.8 Å². The van der Waals surface area contributed by atoms with Gasteiger partial charge in [0.15, 0.2) is 0 Å². The van der Waals surface area contributed by atoms with Crippen molar-refractivity contribution in [2.24, 2.45) is 11.8 Å². The summed E-state index contributed by atoms with van der Waals surface area (Å²) in [6.45, 7) is 2.68. The highest BCUT2D eigenvalue weighted by molar-refractivity contribution is 8.77. The van der Waals surface area contributed by atoms with E-state index >= 15 is 0 Å². The number of rotatable bonds is 18. The van der Waals surface area contributed by atoms with Crippen LogP contribution in [0.4, 0.5) is 0 Å². The number of hydrogen-bond donors (Lipinski definition) is 5. The third kappa shape index (κ3) is 47.2. The third-order valence-corrected chi connectivity index (χ3v) is 8.76. The summed E-state index contributed by atoms with van der Waals surface area (Å²) in [4.78, 5) is 8.65. The van der Waals surface area contributed by atoms with Gasteiger partial charge in [-0.1, -0.05) is 64.8 Å². The van der Waals surface area contributed by atoms with Crippen molar-refractivity contribution in [3.63, 3.8) is 0 Å². The summed E-state index contributed by atoms with van der Waals surface area (Å²) >= 11 is 0. The molecule has 0 aromatic heterocycles. The van der Waals surface area contributed by atoms with Gasteiger partial charge >= 0.3 is 0 Å². The van der Waals surface area contributed by atoms with Crippen LogP contribution >= 0.6 is 64.8 Å². The molecule has 0 aliphatic rings. The highest BCUT2D eigenvalue weighted by atomic mass is 33.1. The van der Waals surface area contributed by atoms with Crippen molar-refractivity contribution in [2.75, 3.05) is 81.3 Å². The topological polar surface area (TPSA) is 140 Å². The van der Waals surface area contributed by atoms with E-state index in [0.29, 0.717) is 13.2 Å². The predicted octanol–water partition coefficient (Wildman–Crippen LogP) is 1.51. The minimum atomic E-state index is 0.237. The lowest BCUT2D eigenvalue weighted by Crippen LogP contribution is -2.02. The molecule has 0 saturated heterocycles. The maximum atomic E-state index is 8.36. The van der Waals surface area contributed by atoms with Crippen molar-refractivity contribution in [1.29, 1.82) is 0 Å². The number of hydrogen-bond acceptors (Lipinski definition) is 14. The summed E-state index contributed by atoms with van der Waals surface area (Å²) in [7, 11) is 11.7. The van der Waals surface area contributed by atoms with Crippen LogP contribution in [0.25, 0.3) is 0 Å². The molecule has 0 heterocycles. The van der Waals surface area contributed by atoms with E-state index in [0.717, 1.165) is 41.1 Å². The van der Waals surface area contributed by atoms with Crippen LogP contribution < -0.4 is 11.8 Å². The number of ether oxygens (including phenoxy) is 1. The van der Waals surface area contributed by atoms with Crippen molar-refractivity contribution in [3.8, 4) is 0 Å². The lowest BCUT2D eigenvalue weighted by Gasteiger charge is -1.96. The van der Waals surface area contributed by atoms with Crippen LogP contribution in [0.2, 0.25) is 0 Å². The molecule has 7 N–H and O–H groups in total. The van der Waals surface area contributed by atoms with Crippen molar-refractivity contribution in [2.45, 2.75) is 0 Å².